The minimum absolute atomic E-state index is 0.185. The van der Waals surface area contributed by atoms with Gasteiger partial charge >= 0.3 is 0 Å². The van der Waals surface area contributed by atoms with Crippen LogP contribution in [0.4, 0.5) is 0 Å². The molecule has 0 aliphatic rings. The fraction of sp³-hybridized carbons (Fsp3) is 0.455. The summed E-state index contributed by atoms with van der Waals surface area (Å²) in [4.78, 5) is 31.7. The Bertz CT molecular complexity index is 575. The van der Waals surface area contributed by atoms with E-state index in [0.717, 1.165) is 19.3 Å². The largest absolute Gasteiger partial charge is 0.688 e. The van der Waals surface area contributed by atoms with E-state index in [0.29, 0.717) is 6.42 Å². The maximum atomic E-state index is 10.6. The molecule has 148 valence electrons. The first-order valence-corrected chi connectivity index (χ1v) is 13.2. The zero-order valence-electron chi connectivity index (χ0n) is 16.0. The number of unbranched alkanes of at least 4 members (excludes halogenated alkanes) is 7. The minimum Gasteiger partial charge on any atom is -0.688 e. The van der Waals surface area contributed by atoms with Crippen molar-refractivity contribution in [1.29, 1.82) is 0 Å². The summed E-state index contributed by atoms with van der Waals surface area (Å²) in [6.07, 6.45) is 9.48. The molecule has 2 rings (SSSR count). The van der Waals surface area contributed by atoms with Crippen molar-refractivity contribution in [2.45, 2.75) is 51.4 Å². The molecule has 0 aliphatic carbocycles. The molecule has 2 aromatic rings. The van der Waals surface area contributed by atoms with Crippen molar-refractivity contribution < 1.29 is 14.7 Å². The Morgan fingerprint density at radius 1 is 0.556 bits per heavy atom. The molecule has 0 spiro atoms. The Labute approximate surface area is 165 Å². The Kier molecular flexibility index (Phi) is 10.5. The van der Waals surface area contributed by atoms with Gasteiger partial charge in [0.15, 0.2) is 0 Å². The van der Waals surface area contributed by atoms with Gasteiger partial charge in [0, 0.05) is 6.16 Å². The van der Waals surface area contributed by atoms with Crippen molar-refractivity contribution in [1.82, 2.24) is 0 Å². The number of rotatable bonds is 13. The topological polar surface area (TPSA) is 69.2 Å². The predicted octanol–water partition coefficient (Wildman–Crippen LogP) is 3.08. The zero-order chi connectivity index (χ0) is 19.4. The molecule has 0 heterocycles. The van der Waals surface area contributed by atoms with E-state index >= 15 is 0 Å². The third-order valence-corrected chi connectivity index (χ3v) is 8.17. The lowest BCUT2D eigenvalue weighted by Gasteiger charge is -2.42. The Balaban J connectivity index is 1.64. The molecule has 0 aromatic heterocycles. The standard InChI is InChI=1S/C22H32O3P2/c23-27(24,25)20-14-6-4-2-1-3-5-13-19-26(21-15-9-7-10-16-21)22-17-11-8-12-18-22/h7-12,15-18H,1-6,13-14,19-20H2,(H2,23,24,25)/p-2. The second kappa shape index (κ2) is 12.6. The van der Waals surface area contributed by atoms with Crippen LogP contribution in [0.2, 0.25) is 0 Å². The molecule has 0 radical (unpaired) electrons. The van der Waals surface area contributed by atoms with E-state index in [-0.39, 0.29) is 14.1 Å². The first kappa shape index (κ1) is 22.5. The van der Waals surface area contributed by atoms with E-state index in [2.05, 4.69) is 60.7 Å². The van der Waals surface area contributed by atoms with Gasteiger partial charge in [-0.1, -0.05) is 92.8 Å². The maximum absolute atomic E-state index is 10.6. The van der Waals surface area contributed by atoms with Crippen LogP contribution in [0.15, 0.2) is 60.7 Å². The quantitative estimate of drug-likeness (QED) is 0.381. The summed E-state index contributed by atoms with van der Waals surface area (Å²) in [5, 5.41) is 2.90. The van der Waals surface area contributed by atoms with Crippen molar-refractivity contribution in [3.63, 3.8) is 0 Å². The SMILES string of the molecule is [O-][P+]([O-])([O-])CCCCCCCCCCP(c1ccccc1)c1ccccc1. The van der Waals surface area contributed by atoms with Crippen molar-refractivity contribution in [3.8, 4) is 0 Å². The molecule has 0 N–H and O–H groups in total. The lowest BCUT2D eigenvalue weighted by molar-refractivity contribution is -0.427. The first-order valence-electron chi connectivity index (χ1n) is 9.95. The number of hydrogen-bond donors (Lipinski definition) is 0. The van der Waals surface area contributed by atoms with Crippen molar-refractivity contribution in [3.05, 3.63) is 60.7 Å². The highest BCUT2D eigenvalue weighted by Gasteiger charge is 2.12. The highest BCUT2D eigenvalue weighted by atomic mass is 31.2. The van der Waals surface area contributed by atoms with E-state index in [9.17, 15) is 14.7 Å². The van der Waals surface area contributed by atoms with Crippen LogP contribution in [0.1, 0.15) is 51.4 Å². The van der Waals surface area contributed by atoms with Gasteiger partial charge in [-0.05, 0) is 44.0 Å². The highest BCUT2D eigenvalue weighted by molar-refractivity contribution is 7.73. The third-order valence-electron chi connectivity index (χ3n) is 4.70. The van der Waals surface area contributed by atoms with Crippen molar-refractivity contribution in [2.75, 3.05) is 12.3 Å². The summed E-state index contributed by atoms with van der Waals surface area (Å²) in [6, 6.07) is 21.7. The van der Waals surface area contributed by atoms with Gasteiger partial charge in [0.2, 0.25) is 0 Å². The molecule has 0 amide bonds. The van der Waals surface area contributed by atoms with Gasteiger partial charge in [0.1, 0.15) is 0 Å². The fourth-order valence-electron chi connectivity index (χ4n) is 3.26. The molecule has 0 unspecified atom stereocenters. The molecular weight excluding hydrogens is 374 g/mol. The van der Waals surface area contributed by atoms with Crippen LogP contribution in [-0.4, -0.2) is 12.3 Å². The van der Waals surface area contributed by atoms with E-state index in [1.54, 1.807) is 0 Å². The Hall–Kier alpha value is -0.820. The summed E-state index contributed by atoms with van der Waals surface area (Å²) >= 11 is 0. The first-order chi connectivity index (χ1) is 13.1. The van der Waals surface area contributed by atoms with Gasteiger partial charge in [0.05, 0.1) is 0 Å². The van der Waals surface area contributed by atoms with Gasteiger partial charge in [-0.3, -0.25) is 0 Å². The molecule has 3 nitrogen and oxygen atoms in total. The molecule has 5 heteroatoms. The summed E-state index contributed by atoms with van der Waals surface area (Å²) < 4.78 is 0. The van der Waals surface area contributed by atoms with E-state index in [4.69, 9.17) is 0 Å². The van der Waals surface area contributed by atoms with Gasteiger partial charge in [-0.15, -0.1) is 0 Å². The fourth-order valence-corrected chi connectivity index (χ4v) is 6.29. The van der Waals surface area contributed by atoms with Crippen molar-refractivity contribution >= 4 is 26.5 Å². The molecule has 27 heavy (non-hydrogen) atoms. The number of benzene rings is 2. The zero-order valence-corrected chi connectivity index (χ0v) is 17.8. The van der Waals surface area contributed by atoms with Gasteiger partial charge < -0.3 is 14.7 Å². The van der Waals surface area contributed by atoms with Gasteiger partial charge in [0.25, 0.3) is 0 Å². The molecule has 0 saturated heterocycles. The highest BCUT2D eigenvalue weighted by Crippen LogP contribution is 2.34. The maximum Gasteiger partial charge on any atom is 0.0425 e. The summed E-state index contributed by atoms with van der Waals surface area (Å²) in [6.45, 7) is 0. The monoisotopic (exact) mass is 404 g/mol. The lowest BCUT2D eigenvalue weighted by atomic mass is 10.1. The van der Waals surface area contributed by atoms with Crippen LogP contribution >= 0.6 is 15.9 Å². The molecule has 0 bridgehead atoms. The summed E-state index contributed by atoms with van der Waals surface area (Å²) in [7, 11) is -4.58. The molecule has 2 aromatic carbocycles. The van der Waals surface area contributed by atoms with Crippen LogP contribution in [0.5, 0.6) is 0 Å². The summed E-state index contributed by atoms with van der Waals surface area (Å²) in [5.41, 5.74) is 0. The average Bonchev–Trinajstić information content (AvgIpc) is 2.67. The van der Waals surface area contributed by atoms with Gasteiger partial charge in [-0.2, -0.15) is 7.94 Å². The lowest BCUT2D eigenvalue weighted by Crippen LogP contribution is -2.34. The normalized spacial score (nSPS) is 11.9. The molecule has 0 atom stereocenters. The molecule has 0 fully saturated rings. The predicted molar refractivity (Wildman–Crippen MR) is 113 cm³/mol. The Morgan fingerprint density at radius 3 is 1.41 bits per heavy atom. The smallest absolute Gasteiger partial charge is 0.0425 e. The van der Waals surface area contributed by atoms with Crippen LogP contribution < -0.4 is 25.3 Å². The van der Waals surface area contributed by atoms with E-state index < -0.39 is 7.94 Å². The minimum atomic E-state index is -4.29. The Morgan fingerprint density at radius 2 is 0.963 bits per heavy atom. The summed E-state index contributed by atoms with van der Waals surface area (Å²) in [5.74, 6) is 0. The second-order valence-electron chi connectivity index (χ2n) is 6.99. The average molecular weight is 404 g/mol. The van der Waals surface area contributed by atoms with Crippen LogP contribution in [0.25, 0.3) is 0 Å². The van der Waals surface area contributed by atoms with Crippen LogP contribution in [0.3, 0.4) is 0 Å². The molecular formula is C22H30O3P2-2. The molecule has 0 saturated carbocycles. The van der Waals surface area contributed by atoms with E-state index in [1.165, 1.54) is 42.5 Å². The van der Waals surface area contributed by atoms with Crippen LogP contribution in [-0.2, 0) is 0 Å². The van der Waals surface area contributed by atoms with E-state index in [1.807, 2.05) is 0 Å². The number of hydrogen-bond acceptors (Lipinski definition) is 3. The second-order valence-corrected chi connectivity index (χ2v) is 11.0. The van der Waals surface area contributed by atoms with Gasteiger partial charge in [-0.25, -0.2) is 0 Å². The molecule has 0 aliphatic heterocycles. The third kappa shape index (κ3) is 9.79. The van der Waals surface area contributed by atoms with Crippen molar-refractivity contribution in [2.24, 2.45) is 0 Å². The van der Waals surface area contributed by atoms with Crippen LogP contribution in [0, 0.1) is 0 Å².